The zero-order valence-corrected chi connectivity index (χ0v) is 17.4. The Morgan fingerprint density at radius 2 is 1.77 bits per heavy atom. The molecule has 2 aromatic heterocycles. The third-order valence-electron chi connectivity index (χ3n) is 4.50. The van der Waals surface area contributed by atoms with E-state index >= 15 is 0 Å². The summed E-state index contributed by atoms with van der Waals surface area (Å²) in [5, 5.41) is 9.62. The molecule has 1 aliphatic heterocycles. The minimum Gasteiger partial charge on any atom is -0.507 e. The number of aromatic nitrogens is 2. The minimum absolute atomic E-state index is 0.0764. The third-order valence-corrected chi connectivity index (χ3v) is 4.50. The molecule has 1 aliphatic rings. The van der Waals surface area contributed by atoms with Gasteiger partial charge in [-0.25, -0.2) is 0 Å². The number of para-hydroxylation sites is 1. The number of aromatic hydroxyl groups is 1. The lowest BCUT2D eigenvalue weighted by Crippen LogP contribution is -2.25. The number of hydrogen-bond acceptors (Lipinski definition) is 5. The van der Waals surface area contributed by atoms with E-state index in [1.165, 1.54) is 6.08 Å². The summed E-state index contributed by atoms with van der Waals surface area (Å²) < 4.78 is 0. The van der Waals surface area contributed by atoms with Crippen molar-refractivity contribution in [1.29, 1.82) is 0 Å². The molecular weight excluding hydrogens is 390 g/mol. The fourth-order valence-corrected chi connectivity index (χ4v) is 2.86. The van der Waals surface area contributed by atoms with Crippen molar-refractivity contribution in [3.8, 4) is 5.75 Å². The van der Waals surface area contributed by atoms with E-state index in [9.17, 15) is 9.90 Å². The van der Waals surface area contributed by atoms with Crippen molar-refractivity contribution >= 4 is 23.5 Å². The molecular formula is C24H29N5O2. The van der Waals surface area contributed by atoms with E-state index in [-0.39, 0.29) is 11.7 Å². The molecule has 0 bridgehead atoms. The Hall–Kier alpha value is -4.00. The summed E-state index contributed by atoms with van der Waals surface area (Å²) in [6.45, 7) is 5.26. The highest BCUT2D eigenvalue weighted by Gasteiger charge is 2.14. The lowest BCUT2D eigenvalue weighted by atomic mass is 10.1. The Balaban J connectivity index is 0.000000190. The van der Waals surface area contributed by atoms with E-state index in [1.54, 1.807) is 42.9 Å². The van der Waals surface area contributed by atoms with Gasteiger partial charge in [-0.2, -0.15) is 0 Å². The zero-order chi connectivity index (χ0) is 22.5. The minimum atomic E-state index is 0.0764. The standard InChI is InChI=1S/C12H13N3O.C7H11NO.C5H5N/c13-10(7-8-5-6-15-12(8)14)9-3-1-2-4-11(9)16;1-2-7(9)8-5-3-4-6-8;1-2-4-6-5-3-1/h1-7,15-16H,13-14H2;2H,1,3-6H2;1-5H/b10-7-;;. The van der Waals surface area contributed by atoms with Gasteiger partial charge in [0.2, 0.25) is 5.91 Å². The number of phenolic OH excluding ortho intramolecular Hbond substituents is 1. The van der Waals surface area contributed by atoms with E-state index in [0.717, 1.165) is 31.5 Å². The number of nitrogens with two attached hydrogens (primary N) is 2. The van der Waals surface area contributed by atoms with Gasteiger partial charge in [-0.3, -0.25) is 9.78 Å². The molecule has 31 heavy (non-hydrogen) atoms. The Labute approximate surface area is 182 Å². The Bertz CT molecular complexity index is 950. The maximum Gasteiger partial charge on any atom is 0.245 e. The number of phenols is 1. The number of nitrogens with one attached hydrogen (secondary N) is 1. The molecule has 0 saturated carbocycles. The van der Waals surface area contributed by atoms with E-state index in [4.69, 9.17) is 11.5 Å². The van der Waals surface area contributed by atoms with Gasteiger partial charge in [0.25, 0.3) is 0 Å². The first-order chi connectivity index (χ1) is 15.0. The first kappa shape index (κ1) is 23.3. The second-order valence-electron chi connectivity index (χ2n) is 6.72. The first-order valence-corrected chi connectivity index (χ1v) is 9.97. The van der Waals surface area contributed by atoms with Gasteiger partial charge >= 0.3 is 0 Å². The number of rotatable bonds is 3. The molecule has 7 heteroatoms. The second-order valence-corrected chi connectivity index (χ2v) is 6.72. The molecule has 0 aliphatic carbocycles. The highest BCUT2D eigenvalue weighted by molar-refractivity contribution is 5.87. The number of nitrogens with zero attached hydrogens (tertiary/aromatic N) is 2. The normalized spacial score (nSPS) is 12.8. The van der Waals surface area contributed by atoms with Crippen LogP contribution in [0.4, 0.5) is 5.82 Å². The van der Waals surface area contributed by atoms with E-state index in [0.29, 0.717) is 17.1 Å². The van der Waals surface area contributed by atoms with Crippen LogP contribution in [0.3, 0.4) is 0 Å². The van der Waals surface area contributed by atoms with Gasteiger partial charge < -0.3 is 26.5 Å². The number of likely N-dealkylation sites (tertiary alicyclic amines) is 1. The zero-order valence-electron chi connectivity index (χ0n) is 17.4. The first-order valence-electron chi connectivity index (χ1n) is 9.97. The lowest BCUT2D eigenvalue weighted by Gasteiger charge is -2.10. The molecule has 1 aromatic carbocycles. The van der Waals surface area contributed by atoms with Gasteiger partial charge in [-0.15, -0.1) is 0 Å². The van der Waals surface area contributed by atoms with Crippen LogP contribution in [0.25, 0.3) is 11.8 Å². The number of benzene rings is 1. The second kappa shape index (κ2) is 12.5. The number of pyridine rings is 1. The number of amides is 1. The van der Waals surface area contributed by atoms with Gasteiger partial charge in [0.05, 0.1) is 0 Å². The molecule has 1 saturated heterocycles. The van der Waals surface area contributed by atoms with Crippen LogP contribution >= 0.6 is 0 Å². The Morgan fingerprint density at radius 3 is 2.26 bits per heavy atom. The van der Waals surface area contributed by atoms with Crippen LogP contribution in [-0.2, 0) is 4.79 Å². The van der Waals surface area contributed by atoms with Gasteiger partial charge in [0.15, 0.2) is 0 Å². The predicted octanol–water partition coefficient (Wildman–Crippen LogP) is 3.64. The topological polar surface area (TPSA) is 121 Å². The highest BCUT2D eigenvalue weighted by atomic mass is 16.3. The van der Waals surface area contributed by atoms with Crippen LogP contribution in [0.15, 0.2) is 79.8 Å². The van der Waals surface area contributed by atoms with Crippen molar-refractivity contribution in [2.24, 2.45) is 5.73 Å². The monoisotopic (exact) mass is 419 g/mol. The van der Waals surface area contributed by atoms with Crippen molar-refractivity contribution in [1.82, 2.24) is 14.9 Å². The lowest BCUT2D eigenvalue weighted by molar-refractivity contribution is -0.124. The van der Waals surface area contributed by atoms with E-state index in [1.807, 2.05) is 35.2 Å². The number of carbonyl (C=O) groups is 1. The number of aromatic amines is 1. The maximum absolute atomic E-state index is 10.8. The number of anilines is 1. The molecule has 1 fully saturated rings. The Kier molecular flexibility index (Phi) is 9.42. The Morgan fingerprint density at radius 1 is 1.10 bits per heavy atom. The summed E-state index contributed by atoms with van der Waals surface area (Å²) in [5.41, 5.74) is 13.5. The van der Waals surface area contributed by atoms with Crippen LogP contribution < -0.4 is 11.5 Å². The quantitative estimate of drug-likeness (QED) is 0.483. The van der Waals surface area contributed by atoms with Crippen molar-refractivity contribution in [3.63, 3.8) is 0 Å². The summed E-state index contributed by atoms with van der Waals surface area (Å²) in [5.74, 6) is 0.788. The molecule has 162 valence electrons. The van der Waals surface area contributed by atoms with Crippen molar-refractivity contribution in [2.45, 2.75) is 12.8 Å². The fraction of sp³-hybridized carbons (Fsp3) is 0.167. The van der Waals surface area contributed by atoms with Crippen LogP contribution in [0, 0.1) is 0 Å². The highest BCUT2D eigenvalue weighted by Crippen LogP contribution is 2.24. The van der Waals surface area contributed by atoms with Crippen LogP contribution in [0.2, 0.25) is 0 Å². The molecule has 4 rings (SSSR count). The van der Waals surface area contributed by atoms with Gasteiger partial charge in [0, 0.05) is 48.5 Å². The summed E-state index contributed by atoms with van der Waals surface area (Å²) in [6.07, 6.45) is 10.6. The summed E-state index contributed by atoms with van der Waals surface area (Å²) in [4.78, 5) is 19.3. The fourth-order valence-electron chi connectivity index (χ4n) is 2.86. The summed E-state index contributed by atoms with van der Waals surface area (Å²) >= 11 is 0. The molecule has 0 atom stereocenters. The number of hydrogen-bond donors (Lipinski definition) is 4. The average molecular weight is 420 g/mol. The van der Waals surface area contributed by atoms with E-state index < -0.39 is 0 Å². The summed E-state index contributed by atoms with van der Waals surface area (Å²) in [6, 6.07) is 14.4. The average Bonchev–Trinajstić information content (AvgIpc) is 3.48. The molecule has 7 nitrogen and oxygen atoms in total. The largest absolute Gasteiger partial charge is 0.507 e. The van der Waals surface area contributed by atoms with Gasteiger partial charge in [-0.1, -0.05) is 24.8 Å². The molecule has 1 amide bonds. The smallest absolute Gasteiger partial charge is 0.245 e. The molecule has 6 N–H and O–H groups in total. The molecule has 0 radical (unpaired) electrons. The maximum atomic E-state index is 10.8. The van der Waals surface area contributed by atoms with Crippen LogP contribution in [0.1, 0.15) is 24.0 Å². The van der Waals surface area contributed by atoms with Crippen molar-refractivity contribution < 1.29 is 9.90 Å². The van der Waals surface area contributed by atoms with Gasteiger partial charge in [0.1, 0.15) is 11.6 Å². The van der Waals surface area contributed by atoms with Crippen molar-refractivity contribution in [2.75, 3.05) is 18.8 Å². The number of carbonyl (C=O) groups excluding carboxylic acids is 1. The van der Waals surface area contributed by atoms with Gasteiger partial charge in [-0.05, 0) is 55.3 Å². The predicted molar refractivity (Wildman–Crippen MR) is 126 cm³/mol. The van der Waals surface area contributed by atoms with Crippen LogP contribution in [0.5, 0.6) is 5.75 Å². The molecule has 3 heterocycles. The third kappa shape index (κ3) is 7.74. The number of nitrogen functional groups attached to an aromatic ring is 1. The number of H-pyrrole nitrogens is 1. The molecule has 0 unspecified atom stereocenters. The SMILES string of the molecule is C=CC(=O)N1CCCC1.N/C(=C\c1cc[nH]c1N)c1ccccc1O.c1ccncc1. The van der Waals surface area contributed by atoms with Crippen molar-refractivity contribution in [3.05, 3.63) is 90.9 Å². The molecule has 0 spiro atoms. The van der Waals surface area contributed by atoms with E-state index in [2.05, 4.69) is 16.5 Å². The summed E-state index contributed by atoms with van der Waals surface area (Å²) in [7, 11) is 0. The molecule has 3 aromatic rings. The van der Waals surface area contributed by atoms with Crippen LogP contribution in [-0.4, -0.2) is 39.0 Å².